The Morgan fingerprint density at radius 3 is 2.44 bits per heavy atom. The van der Waals surface area contributed by atoms with Crippen molar-refractivity contribution in [3.8, 4) is 0 Å². The van der Waals surface area contributed by atoms with Crippen molar-refractivity contribution in [2.45, 2.75) is 9.79 Å². The van der Waals surface area contributed by atoms with Crippen LogP contribution in [0.2, 0.25) is 0 Å². The lowest BCUT2D eigenvalue weighted by Crippen LogP contribution is -2.00. The third kappa shape index (κ3) is 2.73. The normalized spacial score (nSPS) is 10.3. The highest BCUT2D eigenvalue weighted by Gasteiger charge is 2.16. The van der Waals surface area contributed by atoms with E-state index < -0.39 is 11.8 Å². The van der Waals surface area contributed by atoms with Gasteiger partial charge in [-0.3, -0.25) is 0 Å². The standard InChI is InChI=1S/C13H8BrFO2S/c14-11-9(13(16)17)6-7-10(12(11)15)18-8-4-2-1-3-5-8/h1-7H,(H,16,17). The van der Waals surface area contributed by atoms with Crippen molar-refractivity contribution in [2.75, 3.05) is 0 Å². The summed E-state index contributed by atoms with van der Waals surface area (Å²) in [4.78, 5) is 12.1. The zero-order valence-corrected chi connectivity index (χ0v) is 11.5. The quantitative estimate of drug-likeness (QED) is 0.906. The molecule has 0 aliphatic rings. The van der Waals surface area contributed by atoms with Crippen molar-refractivity contribution in [1.29, 1.82) is 0 Å². The third-order valence-electron chi connectivity index (χ3n) is 2.25. The average Bonchev–Trinajstić information content (AvgIpc) is 2.36. The van der Waals surface area contributed by atoms with Crippen molar-refractivity contribution in [2.24, 2.45) is 0 Å². The molecule has 0 heterocycles. The molecule has 0 aliphatic carbocycles. The molecule has 1 N–H and O–H groups in total. The minimum Gasteiger partial charge on any atom is -0.478 e. The zero-order chi connectivity index (χ0) is 13.1. The second-order valence-electron chi connectivity index (χ2n) is 3.46. The maximum absolute atomic E-state index is 14.0. The van der Waals surface area contributed by atoms with Gasteiger partial charge in [-0.05, 0) is 40.2 Å². The molecule has 0 bridgehead atoms. The molecular weight excluding hydrogens is 319 g/mol. The van der Waals surface area contributed by atoms with Crippen molar-refractivity contribution in [1.82, 2.24) is 0 Å². The van der Waals surface area contributed by atoms with E-state index in [4.69, 9.17) is 5.11 Å². The summed E-state index contributed by atoms with van der Waals surface area (Å²) in [6, 6.07) is 12.2. The van der Waals surface area contributed by atoms with Gasteiger partial charge in [0.1, 0.15) is 0 Å². The Morgan fingerprint density at radius 1 is 1.17 bits per heavy atom. The van der Waals surface area contributed by atoms with Crippen LogP contribution in [0.3, 0.4) is 0 Å². The van der Waals surface area contributed by atoms with Crippen molar-refractivity contribution in [3.05, 3.63) is 58.3 Å². The first-order chi connectivity index (χ1) is 8.59. The Bertz CT molecular complexity index is 587. The lowest BCUT2D eigenvalue weighted by atomic mass is 10.2. The van der Waals surface area contributed by atoms with Crippen LogP contribution >= 0.6 is 27.7 Å². The van der Waals surface area contributed by atoms with E-state index >= 15 is 0 Å². The molecule has 0 fully saturated rings. The van der Waals surface area contributed by atoms with Gasteiger partial charge in [-0.2, -0.15) is 0 Å². The third-order valence-corrected chi connectivity index (χ3v) is 4.07. The van der Waals surface area contributed by atoms with Crippen LogP contribution in [0.1, 0.15) is 10.4 Å². The fraction of sp³-hybridized carbons (Fsp3) is 0. The predicted molar refractivity (Wildman–Crippen MR) is 71.6 cm³/mol. The van der Waals surface area contributed by atoms with Gasteiger partial charge in [0.15, 0.2) is 5.82 Å². The number of rotatable bonds is 3. The van der Waals surface area contributed by atoms with E-state index in [-0.39, 0.29) is 10.0 Å². The van der Waals surface area contributed by atoms with Crippen LogP contribution in [0.5, 0.6) is 0 Å². The number of aromatic carboxylic acids is 1. The molecule has 92 valence electrons. The van der Waals surface area contributed by atoms with Crippen molar-refractivity contribution < 1.29 is 14.3 Å². The average molecular weight is 327 g/mol. The summed E-state index contributed by atoms with van der Waals surface area (Å²) in [7, 11) is 0. The van der Waals surface area contributed by atoms with Gasteiger partial charge in [0.25, 0.3) is 0 Å². The molecule has 0 aliphatic heterocycles. The molecule has 0 spiro atoms. The van der Waals surface area contributed by atoms with Crippen LogP contribution in [0.4, 0.5) is 4.39 Å². The lowest BCUT2D eigenvalue weighted by Gasteiger charge is -2.06. The molecule has 0 saturated heterocycles. The molecule has 5 heteroatoms. The van der Waals surface area contributed by atoms with Gasteiger partial charge in [0, 0.05) is 9.79 Å². The second-order valence-corrected chi connectivity index (χ2v) is 5.37. The minimum absolute atomic E-state index is 0.0177. The molecule has 2 aromatic carbocycles. The lowest BCUT2D eigenvalue weighted by molar-refractivity contribution is 0.0695. The van der Waals surface area contributed by atoms with Crippen LogP contribution in [0.15, 0.2) is 56.7 Å². The number of carboxylic acids is 1. The molecule has 0 atom stereocenters. The molecule has 0 aromatic heterocycles. The van der Waals surface area contributed by atoms with E-state index in [9.17, 15) is 9.18 Å². The number of halogens is 2. The SMILES string of the molecule is O=C(O)c1ccc(Sc2ccccc2)c(F)c1Br. The fourth-order valence-electron chi connectivity index (χ4n) is 1.39. The molecule has 0 unspecified atom stereocenters. The van der Waals surface area contributed by atoms with Crippen molar-refractivity contribution in [3.63, 3.8) is 0 Å². The molecular formula is C13H8BrFO2S. The summed E-state index contributed by atoms with van der Waals surface area (Å²) >= 11 is 4.23. The number of hydrogen-bond acceptors (Lipinski definition) is 2. The summed E-state index contributed by atoms with van der Waals surface area (Å²) in [6.45, 7) is 0. The Balaban J connectivity index is 2.36. The molecule has 2 nitrogen and oxygen atoms in total. The fourth-order valence-corrected chi connectivity index (χ4v) is 2.91. The Kier molecular flexibility index (Phi) is 4.04. The summed E-state index contributed by atoms with van der Waals surface area (Å²) in [5, 5.41) is 8.87. The van der Waals surface area contributed by atoms with E-state index in [1.165, 1.54) is 23.9 Å². The molecule has 2 rings (SSSR count). The zero-order valence-electron chi connectivity index (χ0n) is 9.06. The van der Waals surface area contributed by atoms with Gasteiger partial charge in [-0.15, -0.1) is 0 Å². The van der Waals surface area contributed by atoms with E-state index in [2.05, 4.69) is 15.9 Å². The first-order valence-electron chi connectivity index (χ1n) is 5.04. The van der Waals surface area contributed by atoms with E-state index in [0.717, 1.165) is 4.90 Å². The number of benzene rings is 2. The van der Waals surface area contributed by atoms with Crippen molar-refractivity contribution >= 4 is 33.7 Å². The van der Waals surface area contributed by atoms with E-state index in [0.29, 0.717) is 4.90 Å². The maximum atomic E-state index is 14.0. The first kappa shape index (κ1) is 13.1. The van der Waals surface area contributed by atoms with Gasteiger partial charge in [-0.25, -0.2) is 9.18 Å². The maximum Gasteiger partial charge on any atom is 0.336 e. The van der Waals surface area contributed by atoms with Crippen LogP contribution in [-0.4, -0.2) is 11.1 Å². The number of carboxylic acid groups (broad SMARTS) is 1. The monoisotopic (exact) mass is 326 g/mol. The second kappa shape index (κ2) is 5.54. The highest BCUT2D eigenvalue weighted by atomic mass is 79.9. The smallest absolute Gasteiger partial charge is 0.336 e. The first-order valence-corrected chi connectivity index (χ1v) is 6.64. The van der Waals surface area contributed by atoms with Gasteiger partial charge in [-0.1, -0.05) is 30.0 Å². The van der Waals surface area contributed by atoms with E-state index in [1.807, 2.05) is 30.3 Å². The molecule has 2 aromatic rings. The molecule has 0 amide bonds. The predicted octanol–water partition coefficient (Wildman–Crippen LogP) is 4.44. The van der Waals surface area contributed by atoms with Crippen LogP contribution in [0, 0.1) is 5.82 Å². The highest BCUT2D eigenvalue weighted by Crippen LogP contribution is 2.34. The molecule has 0 saturated carbocycles. The van der Waals surface area contributed by atoms with Gasteiger partial charge in [0.2, 0.25) is 0 Å². The Labute approximate surface area is 116 Å². The van der Waals surface area contributed by atoms with Gasteiger partial charge in [0.05, 0.1) is 10.0 Å². The number of carbonyl (C=O) groups is 1. The van der Waals surface area contributed by atoms with E-state index in [1.54, 1.807) is 0 Å². The van der Waals surface area contributed by atoms with Crippen LogP contribution < -0.4 is 0 Å². The van der Waals surface area contributed by atoms with Crippen LogP contribution in [-0.2, 0) is 0 Å². The number of hydrogen-bond donors (Lipinski definition) is 1. The summed E-state index contributed by atoms with van der Waals surface area (Å²) in [5.74, 6) is -1.71. The summed E-state index contributed by atoms with van der Waals surface area (Å²) in [5.41, 5.74) is -0.0788. The molecule has 18 heavy (non-hydrogen) atoms. The summed E-state index contributed by atoms with van der Waals surface area (Å²) < 4.78 is 14.0. The van der Waals surface area contributed by atoms with Crippen LogP contribution in [0.25, 0.3) is 0 Å². The molecule has 0 radical (unpaired) electrons. The summed E-state index contributed by atoms with van der Waals surface area (Å²) in [6.07, 6.45) is 0. The van der Waals surface area contributed by atoms with Gasteiger partial charge < -0.3 is 5.11 Å². The topological polar surface area (TPSA) is 37.3 Å². The minimum atomic E-state index is -1.16. The van der Waals surface area contributed by atoms with Gasteiger partial charge >= 0.3 is 5.97 Å². The Morgan fingerprint density at radius 2 is 1.83 bits per heavy atom. The largest absolute Gasteiger partial charge is 0.478 e. The highest BCUT2D eigenvalue weighted by molar-refractivity contribution is 9.10. The Hall–Kier alpha value is -1.33.